The second kappa shape index (κ2) is 4.94. The summed E-state index contributed by atoms with van der Waals surface area (Å²) in [6, 6.07) is 5.35. The van der Waals surface area contributed by atoms with Gasteiger partial charge in [-0.2, -0.15) is 8.42 Å². The minimum absolute atomic E-state index is 0.0789. The smallest absolute Gasteiger partial charge is 0.279 e. The molecule has 0 aliphatic heterocycles. The van der Waals surface area contributed by atoms with Crippen LogP contribution in [0, 0.1) is 0 Å². The predicted molar refractivity (Wildman–Crippen MR) is 55.4 cm³/mol. The molecular weight excluding hydrogens is 263 g/mol. The third-order valence-corrected chi connectivity index (χ3v) is 3.07. The fourth-order valence-electron chi connectivity index (χ4n) is 0.793. The van der Waals surface area contributed by atoms with Gasteiger partial charge in [0.25, 0.3) is 10.1 Å². The van der Waals surface area contributed by atoms with Crippen LogP contribution in [-0.2, 0) is 19.1 Å². The summed E-state index contributed by atoms with van der Waals surface area (Å²) in [6.07, 6.45) is 0. The molecule has 0 aliphatic carbocycles. The van der Waals surface area contributed by atoms with Crippen molar-refractivity contribution in [1.29, 1.82) is 0 Å². The molecule has 0 aliphatic rings. The molecule has 1 aromatic rings. The molecule has 1 rings (SSSR count). The first-order valence-corrected chi connectivity index (χ1v) is 5.91. The largest absolute Gasteiger partial charge is 0.297 e. The van der Waals surface area contributed by atoms with E-state index in [1.54, 1.807) is 0 Å². The molecule has 0 saturated heterocycles. The second-order valence-corrected chi connectivity index (χ2v) is 5.00. The molecule has 0 heterocycles. The van der Waals surface area contributed by atoms with Crippen molar-refractivity contribution in [3.8, 4) is 0 Å². The average molecular weight is 269 g/mol. The minimum atomic E-state index is -3.94. The zero-order chi connectivity index (χ0) is 11.5. The second-order valence-electron chi connectivity index (χ2n) is 2.53. The van der Waals surface area contributed by atoms with Crippen LogP contribution in [0.3, 0.4) is 0 Å². The van der Waals surface area contributed by atoms with Crippen LogP contribution in [0.15, 0.2) is 29.2 Å². The van der Waals surface area contributed by atoms with E-state index >= 15 is 0 Å². The van der Waals surface area contributed by atoms with Gasteiger partial charge in [0, 0.05) is 5.02 Å². The zero-order valence-electron chi connectivity index (χ0n) is 7.31. The summed E-state index contributed by atoms with van der Waals surface area (Å²) in [5.41, 5.74) is 0. The van der Waals surface area contributed by atoms with Crippen LogP contribution < -0.4 is 0 Å². The third-order valence-electron chi connectivity index (χ3n) is 1.43. The Labute approximate surface area is 96.9 Å². The Kier molecular flexibility index (Phi) is 4.10. The van der Waals surface area contributed by atoms with Gasteiger partial charge in [0.1, 0.15) is 6.61 Å². The fraction of sp³-hybridized carbons (Fsp3) is 0.125. The molecule has 0 amide bonds. The average Bonchev–Trinajstić information content (AvgIpc) is 2.16. The van der Waals surface area contributed by atoms with Gasteiger partial charge in [-0.05, 0) is 35.9 Å². The first-order valence-electron chi connectivity index (χ1n) is 3.75. The van der Waals surface area contributed by atoms with Crippen molar-refractivity contribution in [2.24, 2.45) is 0 Å². The lowest BCUT2D eigenvalue weighted by molar-refractivity contribution is -0.113. The Morgan fingerprint density at radius 2 is 1.80 bits per heavy atom. The van der Waals surface area contributed by atoms with E-state index in [1.807, 2.05) is 0 Å². The van der Waals surface area contributed by atoms with Crippen molar-refractivity contribution >= 4 is 38.6 Å². The Hall–Kier alpha value is -0.620. The van der Waals surface area contributed by atoms with Crippen molar-refractivity contribution in [3.63, 3.8) is 0 Å². The molecule has 0 bridgehead atoms. The number of carbonyl (C=O) groups excluding carboxylic acids is 1. The van der Waals surface area contributed by atoms with Gasteiger partial charge in [-0.25, -0.2) is 0 Å². The van der Waals surface area contributed by atoms with Crippen molar-refractivity contribution in [2.75, 3.05) is 6.61 Å². The highest BCUT2D eigenvalue weighted by atomic mass is 35.5. The number of benzene rings is 1. The first-order chi connectivity index (χ1) is 6.92. The lowest BCUT2D eigenvalue weighted by Gasteiger charge is -2.02. The van der Waals surface area contributed by atoms with Gasteiger partial charge in [-0.1, -0.05) is 11.6 Å². The minimum Gasteiger partial charge on any atom is -0.279 e. The van der Waals surface area contributed by atoms with Gasteiger partial charge in [0.05, 0.1) is 4.90 Å². The van der Waals surface area contributed by atoms with Crippen molar-refractivity contribution in [2.45, 2.75) is 4.90 Å². The number of hydrogen-bond acceptors (Lipinski definition) is 4. The first kappa shape index (κ1) is 12.4. The molecule has 0 saturated carbocycles. The van der Waals surface area contributed by atoms with Crippen LogP contribution in [0.5, 0.6) is 0 Å². The number of hydrogen-bond donors (Lipinski definition) is 0. The van der Waals surface area contributed by atoms with Crippen LogP contribution in [0.25, 0.3) is 0 Å². The third kappa shape index (κ3) is 3.79. The summed E-state index contributed by atoms with van der Waals surface area (Å²) >= 11 is 10.5. The lowest BCUT2D eigenvalue weighted by atomic mass is 10.4. The summed E-state index contributed by atoms with van der Waals surface area (Å²) < 4.78 is 27.1. The van der Waals surface area contributed by atoms with Crippen LogP contribution in [0.1, 0.15) is 0 Å². The normalized spacial score (nSPS) is 11.3. The van der Waals surface area contributed by atoms with Crippen LogP contribution >= 0.6 is 23.2 Å². The molecule has 1 aromatic carbocycles. The van der Waals surface area contributed by atoms with Crippen LogP contribution in [0.4, 0.5) is 0 Å². The Bertz CT molecular complexity index is 452. The summed E-state index contributed by atoms with van der Waals surface area (Å²) in [4.78, 5) is 10.3. The molecule has 0 radical (unpaired) electrons. The SMILES string of the molecule is O=C(Cl)COS(=O)(=O)c1ccc(Cl)cc1. The van der Waals surface area contributed by atoms with E-state index in [9.17, 15) is 13.2 Å². The number of carbonyl (C=O) groups is 1. The highest BCUT2D eigenvalue weighted by molar-refractivity contribution is 7.86. The molecular formula is C8H6Cl2O4S. The highest BCUT2D eigenvalue weighted by Crippen LogP contribution is 2.16. The summed E-state index contributed by atoms with van der Waals surface area (Å²) in [6.45, 7) is -0.688. The quantitative estimate of drug-likeness (QED) is 0.617. The van der Waals surface area contributed by atoms with Crippen LogP contribution in [0.2, 0.25) is 5.02 Å². The van der Waals surface area contributed by atoms with E-state index in [0.29, 0.717) is 5.02 Å². The topological polar surface area (TPSA) is 60.4 Å². The summed E-state index contributed by atoms with van der Waals surface area (Å²) in [5.74, 6) is 0. The van der Waals surface area contributed by atoms with Gasteiger partial charge in [0.2, 0.25) is 5.24 Å². The molecule has 0 unspecified atom stereocenters. The molecule has 4 nitrogen and oxygen atoms in total. The van der Waals surface area contributed by atoms with E-state index in [2.05, 4.69) is 4.18 Å². The van der Waals surface area contributed by atoms with E-state index < -0.39 is 22.0 Å². The molecule has 82 valence electrons. The molecule has 7 heteroatoms. The van der Waals surface area contributed by atoms with E-state index in [4.69, 9.17) is 23.2 Å². The maximum atomic E-state index is 11.4. The Morgan fingerprint density at radius 3 is 2.27 bits per heavy atom. The molecule has 0 atom stereocenters. The van der Waals surface area contributed by atoms with Gasteiger partial charge in [-0.15, -0.1) is 0 Å². The maximum Gasteiger partial charge on any atom is 0.297 e. The molecule has 0 spiro atoms. The van der Waals surface area contributed by atoms with Gasteiger partial charge < -0.3 is 0 Å². The molecule has 0 aromatic heterocycles. The molecule has 15 heavy (non-hydrogen) atoms. The van der Waals surface area contributed by atoms with E-state index in [1.165, 1.54) is 24.3 Å². The predicted octanol–water partition coefficient (Wildman–Crippen LogP) is 1.81. The highest BCUT2D eigenvalue weighted by Gasteiger charge is 2.15. The van der Waals surface area contributed by atoms with Gasteiger partial charge in [-0.3, -0.25) is 8.98 Å². The molecule has 0 fully saturated rings. The van der Waals surface area contributed by atoms with Gasteiger partial charge >= 0.3 is 0 Å². The van der Waals surface area contributed by atoms with Crippen molar-refractivity contribution < 1.29 is 17.4 Å². The Balaban J connectivity index is 2.87. The standard InChI is InChI=1S/C8H6Cl2O4S/c9-6-1-3-7(4-2-6)15(12,13)14-5-8(10)11/h1-4H,5H2. The van der Waals surface area contributed by atoms with Crippen molar-refractivity contribution in [1.82, 2.24) is 0 Å². The summed E-state index contributed by atoms with van der Waals surface area (Å²) in [7, 11) is -3.94. The monoisotopic (exact) mass is 268 g/mol. The number of halogens is 2. The lowest BCUT2D eigenvalue weighted by Crippen LogP contribution is -2.10. The van der Waals surface area contributed by atoms with Gasteiger partial charge in [0.15, 0.2) is 0 Å². The maximum absolute atomic E-state index is 11.4. The molecule has 0 N–H and O–H groups in total. The Morgan fingerprint density at radius 1 is 1.27 bits per heavy atom. The summed E-state index contributed by atoms with van der Waals surface area (Å²) in [5, 5.41) is -0.477. The zero-order valence-corrected chi connectivity index (χ0v) is 9.64. The number of rotatable bonds is 4. The van der Waals surface area contributed by atoms with E-state index in [-0.39, 0.29) is 4.90 Å². The fourth-order valence-corrected chi connectivity index (χ4v) is 1.91. The van der Waals surface area contributed by atoms with E-state index in [0.717, 1.165) is 0 Å². The van der Waals surface area contributed by atoms with Crippen LogP contribution in [-0.4, -0.2) is 20.3 Å². The van der Waals surface area contributed by atoms with Crippen molar-refractivity contribution in [3.05, 3.63) is 29.3 Å².